The minimum absolute atomic E-state index is 0.00913. The monoisotopic (exact) mass is 479 g/mol. The maximum atomic E-state index is 13.7. The number of urea groups is 1. The van der Waals surface area contributed by atoms with Crippen molar-refractivity contribution in [3.8, 4) is 0 Å². The van der Waals surface area contributed by atoms with E-state index >= 15 is 0 Å². The highest BCUT2D eigenvalue weighted by Gasteiger charge is 2.54. The van der Waals surface area contributed by atoms with Gasteiger partial charge in [0.05, 0.1) is 18.3 Å². The van der Waals surface area contributed by atoms with Crippen molar-refractivity contribution in [3.63, 3.8) is 0 Å². The van der Waals surface area contributed by atoms with Gasteiger partial charge in [0, 0.05) is 18.6 Å². The number of carbonyl (C=O) groups is 2. The Morgan fingerprint density at radius 2 is 1.86 bits per heavy atom. The van der Waals surface area contributed by atoms with Crippen LogP contribution in [0, 0.1) is 5.92 Å². The molecule has 0 radical (unpaired) electrons. The lowest BCUT2D eigenvalue weighted by Gasteiger charge is -2.51. The largest absolute Gasteiger partial charge is 0.368 e. The molecule has 9 heteroatoms. The quantitative estimate of drug-likeness (QED) is 0.627. The number of primary amides is 1. The lowest BCUT2D eigenvalue weighted by atomic mass is 9.68. The van der Waals surface area contributed by atoms with E-state index in [-0.39, 0.29) is 23.7 Å². The van der Waals surface area contributed by atoms with Crippen molar-refractivity contribution in [2.75, 3.05) is 27.2 Å². The molecule has 35 heavy (non-hydrogen) atoms. The van der Waals surface area contributed by atoms with Crippen LogP contribution in [0.1, 0.15) is 56.2 Å². The van der Waals surface area contributed by atoms with E-state index in [2.05, 4.69) is 64.5 Å². The first-order valence-electron chi connectivity index (χ1n) is 12.8. The number of amides is 3. The Morgan fingerprint density at radius 1 is 1.14 bits per heavy atom. The van der Waals surface area contributed by atoms with E-state index in [0.717, 1.165) is 32.2 Å². The first kappa shape index (κ1) is 23.8. The molecule has 2 aliphatic carbocycles. The molecule has 3 aliphatic rings. The predicted molar refractivity (Wildman–Crippen MR) is 132 cm³/mol. The number of benzene rings is 1. The first-order chi connectivity index (χ1) is 16.8. The summed E-state index contributed by atoms with van der Waals surface area (Å²) in [5.74, 6) is 0.149. The van der Waals surface area contributed by atoms with Crippen molar-refractivity contribution < 1.29 is 9.59 Å². The number of nitrogens with two attached hydrogens (primary N) is 1. The Balaban J connectivity index is 1.37. The van der Waals surface area contributed by atoms with Crippen LogP contribution in [0.25, 0.3) is 0 Å². The highest BCUT2D eigenvalue weighted by Crippen LogP contribution is 2.49. The van der Waals surface area contributed by atoms with Gasteiger partial charge in [-0.2, -0.15) is 0 Å². The second kappa shape index (κ2) is 9.26. The summed E-state index contributed by atoms with van der Waals surface area (Å²) in [7, 11) is 4.36. The minimum atomic E-state index is -0.464. The molecular formula is C26H37N7O2. The molecule has 0 unspecified atom stereocenters. The summed E-state index contributed by atoms with van der Waals surface area (Å²) in [5.41, 5.74) is 7.16. The zero-order chi connectivity index (χ0) is 24.6. The summed E-state index contributed by atoms with van der Waals surface area (Å²) in [5, 5.41) is 8.18. The average Bonchev–Trinajstić information content (AvgIpc) is 3.34. The van der Waals surface area contributed by atoms with Crippen LogP contribution in [0.5, 0.6) is 0 Å². The fraction of sp³-hybridized carbons (Fsp3) is 0.615. The van der Waals surface area contributed by atoms with Crippen LogP contribution in [-0.2, 0) is 23.4 Å². The molecule has 2 saturated carbocycles. The summed E-state index contributed by atoms with van der Waals surface area (Å²) in [4.78, 5) is 31.4. The Hall–Kier alpha value is -2.94. The molecule has 1 aromatic carbocycles. The number of rotatable bonds is 8. The summed E-state index contributed by atoms with van der Waals surface area (Å²) in [6.07, 6.45) is 9.39. The van der Waals surface area contributed by atoms with Gasteiger partial charge < -0.3 is 15.5 Å². The van der Waals surface area contributed by atoms with Crippen molar-refractivity contribution in [2.24, 2.45) is 11.7 Å². The van der Waals surface area contributed by atoms with Gasteiger partial charge in [-0.25, -0.2) is 9.48 Å². The fourth-order valence-electron chi connectivity index (χ4n) is 6.35. The molecule has 0 atom stereocenters. The van der Waals surface area contributed by atoms with Crippen molar-refractivity contribution in [1.82, 2.24) is 29.7 Å². The third-order valence-electron chi connectivity index (χ3n) is 8.66. The molecule has 2 aromatic rings. The second-order valence-electron chi connectivity index (χ2n) is 10.9. The van der Waals surface area contributed by atoms with E-state index in [1.165, 1.54) is 29.5 Å². The van der Waals surface area contributed by atoms with Crippen LogP contribution in [0.4, 0.5) is 4.79 Å². The Labute approximate surface area is 207 Å². The lowest BCUT2D eigenvalue weighted by molar-refractivity contribution is -0.118. The van der Waals surface area contributed by atoms with Crippen LogP contribution in [0.2, 0.25) is 0 Å². The van der Waals surface area contributed by atoms with Crippen molar-refractivity contribution in [2.45, 2.75) is 69.1 Å². The summed E-state index contributed by atoms with van der Waals surface area (Å²) >= 11 is 0. The molecule has 2 N–H and O–H groups in total. The van der Waals surface area contributed by atoms with Gasteiger partial charge in [-0.1, -0.05) is 42.0 Å². The van der Waals surface area contributed by atoms with Crippen LogP contribution in [-0.4, -0.2) is 74.4 Å². The molecule has 1 spiro atoms. The van der Waals surface area contributed by atoms with E-state index in [9.17, 15) is 9.59 Å². The van der Waals surface area contributed by atoms with Crippen molar-refractivity contribution in [1.29, 1.82) is 0 Å². The smallest absolute Gasteiger partial charge is 0.320 e. The molecule has 5 rings (SSSR count). The molecule has 3 amide bonds. The van der Waals surface area contributed by atoms with E-state index in [1.54, 1.807) is 6.20 Å². The Bertz CT molecular complexity index is 1050. The van der Waals surface area contributed by atoms with E-state index < -0.39 is 5.91 Å². The first-order valence-corrected chi connectivity index (χ1v) is 12.8. The Morgan fingerprint density at radius 3 is 2.46 bits per heavy atom. The van der Waals surface area contributed by atoms with Gasteiger partial charge in [-0.05, 0) is 64.1 Å². The summed E-state index contributed by atoms with van der Waals surface area (Å²) in [6, 6.07) is 10.9. The number of nitrogens with zero attached hydrogens (tertiary/aromatic N) is 6. The van der Waals surface area contributed by atoms with Gasteiger partial charge >= 0.3 is 6.03 Å². The fourth-order valence-corrected chi connectivity index (χ4v) is 6.35. The number of aromatic nitrogens is 3. The predicted octanol–water partition coefficient (Wildman–Crippen LogP) is 2.57. The zero-order valence-corrected chi connectivity index (χ0v) is 20.9. The van der Waals surface area contributed by atoms with Gasteiger partial charge in [0.1, 0.15) is 12.2 Å². The van der Waals surface area contributed by atoms with Crippen LogP contribution < -0.4 is 5.73 Å². The third kappa shape index (κ3) is 4.42. The molecule has 188 valence electrons. The van der Waals surface area contributed by atoms with Gasteiger partial charge in [-0.15, -0.1) is 5.10 Å². The molecule has 2 heterocycles. The summed E-state index contributed by atoms with van der Waals surface area (Å²) < 4.78 is 1.44. The van der Waals surface area contributed by atoms with Crippen molar-refractivity contribution >= 4 is 11.9 Å². The number of carbonyl (C=O) groups excluding carboxylic acids is 2. The molecular weight excluding hydrogens is 442 g/mol. The van der Waals surface area contributed by atoms with E-state index in [4.69, 9.17) is 5.73 Å². The number of hydrogen-bond donors (Lipinski definition) is 1. The highest BCUT2D eigenvalue weighted by molar-refractivity contribution is 5.78. The normalized spacial score (nSPS) is 27.1. The van der Waals surface area contributed by atoms with Crippen molar-refractivity contribution in [3.05, 3.63) is 47.8 Å². The van der Waals surface area contributed by atoms with Crippen LogP contribution in [0.15, 0.2) is 36.5 Å². The maximum Gasteiger partial charge on any atom is 0.320 e. The van der Waals surface area contributed by atoms with Crippen LogP contribution >= 0.6 is 0 Å². The van der Waals surface area contributed by atoms with Gasteiger partial charge in [0.25, 0.3) is 0 Å². The highest BCUT2D eigenvalue weighted by atomic mass is 16.2. The topological polar surface area (TPSA) is 101 Å². The van der Waals surface area contributed by atoms with Gasteiger partial charge in [-0.3, -0.25) is 9.69 Å². The minimum Gasteiger partial charge on any atom is -0.368 e. The van der Waals surface area contributed by atoms with Gasteiger partial charge in [0.2, 0.25) is 5.91 Å². The third-order valence-corrected chi connectivity index (χ3v) is 8.66. The molecule has 1 aromatic heterocycles. The summed E-state index contributed by atoms with van der Waals surface area (Å²) in [6.45, 7) is 1.95. The molecule has 1 saturated heterocycles. The molecule has 9 nitrogen and oxygen atoms in total. The second-order valence-corrected chi connectivity index (χ2v) is 10.9. The average molecular weight is 480 g/mol. The van der Waals surface area contributed by atoms with E-state index in [0.29, 0.717) is 24.7 Å². The van der Waals surface area contributed by atoms with E-state index in [1.807, 2.05) is 4.90 Å². The Kier molecular flexibility index (Phi) is 6.29. The molecule has 1 aliphatic heterocycles. The zero-order valence-electron chi connectivity index (χ0n) is 20.9. The number of hydrogen-bond acceptors (Lipinski definition) is 5. The lowest BCUT2D eigenvalue weighted by Crippen LogP contribution is -2.56. The maximum absolute atomic E-state index is 13.7. The van der Waals surface area contributed by atoms with Gasteiger partial charge in [0.15, 0.2) is 0 Å². The standard InChI is InChI=1S/C26H37N7O2/c1-30(2)26(21-9-4-3-5-10-21)13-11-25(12-14-26)19-31(24(35)33(25)15-20-7-6-8-20)16-22-17-32(29-28-22)18-23(27)34/h3-5,9-10,17,20H,6-8,11-16,18-19H2,1-2H3,(H2,27,34)/t25-,26+. The van der Waals surface area contributed by atoms with Crippen LogP contribution in [0.3, 0.4) is 0 Å². The molecule has 3 fully saturated rings. The SMILES string of the molecule is CN(C)[C@]1(c2ccccc2)CC[C@]2(CC1)CN(Cc1cn(CC(N)=O)nn1)C(=O)N2CC1CCC1. The molecule has 0 bridgehead atoms.